The Bertz CT molecular complexity index is 662. The summed E-state index contributed by atoms with van der Waals surface area (Å²) >= 11 is 0. The fraction of sp³-hybridized carbons (Fsp3) is 0.600. The Kier molecular flexibility index (Phi) is 4.97. The molecule has 3 aliphatic heterocycles. The Morgan fingerprint density at radius 3 is 2.23 bits per heavy atom. The molecule has 26 heavy (non-hydrogen) atoms. The maximum absolute atomic E-state index is 12.6. The fourth-order valence-electron chi connectivity index (χ4n) is 4.34. The average Bonchev–Trinajstić information content (AvgIpc) is 2.59. The first-order valence-electron chi connectivity index (χ1n) is 9.25. The molecule has 1 aromatic carbocycles. The second-order valence-corrected chi connectivity index (χ2v) is 8.35. The second-order valence-electron chi connectivity index (χ2n) is 8.35. The molecule has 2 N–H and O–H groups in total. The lowest BCUT2D eigenvalue weighted by molar-refractivity contribution is -0.152. The van der Waals surface area contributed by atoms with Gasteiger partial charge in [0.15, 0.2) is 5.54 Å². The van der Waals surface area contributed by atoms with Crippen molar-refractivity contribution in [2.24, 2.45) is 11.8 Å². The highest BCUT2D eigenvalue weighted by Crippen LogP contribution is 2.44. The molecule has 3 aliphatic rings. The zero-order valence-electron chi connectivity index (χ0n) is 15.7. The SMILES string of the molecule is CC(C)(C)OC(=O)NC(C(=O)O)(c1ccccc1)[C@H]1CN2CCC1CC2. The first kappa shape index (κ1) is 18.7. The topological polar surface area (TPSA) is 78.9 Å². The summed E-state index contributed by atoms with van der Waals surface area (Å²) in [5.41, 5.74) is -1.59. The Labute approximate surface area is 154 Å². The summed E-state index contributed by atoms with van der Waals surface area (Å²) in [7, 11) is 0. The number of hydrogen-bond acceptors (Lipinski definition) is 4. The van der Waals surface area contributed by atoms with E-state index in [0.29, 0.717) is 12.1 Å². The molecule has 6 nitrogen and oxygen atoms in total. The van der Waals surface area contributed by atoms with Crippen LogP contribution in [0.1, 0.15) is 39.2 Å². The van der Waals surface area contributed by atoms with Gasteiger partial charge in [-0.05, 0) is 58.2 Å². The number of fused-ring (bicyclic) bond motifs is 3. The van der Waals surface area contributed by atoms with Gasteiger partial charge in [-0.25, -0.2) is 9.59 Å². The van der Waals surface area contributed by atoms with Crippen molar-refractivity contribution in [3.63, 3.8) is 0 Å². The molecule has 6 heteroatoms. The van der Waals surface area contributed by atoms with Crippen LogP contribution in [-0.4, -0.2) is 47.3 Å². The van der Waals surface area contributed by atoms with Crippen molar-refractivity contribution in [1.82, 2.24) is 10.2 Å². The molecule has 3 fully saturated rings. The van der Waals surface area contributed by atoms with Crippen molar-refractivity contribution in [1.29, 1.82) is 0 Å². The number of alkyl carbamates (subject to hydrolysis) is 1. The van der Waals surface area contributed by atoms with Crippen molar-refractivity contribution in [2.75, 3.05) is 19.6 Å². The molecular weight excluding hydrogens is 332 g/mol. The van der Waals surface area contributed by atoms with Crippen molar-refractivity contribution in [2.45, 2.75) is 44.8 Å². The zero-order valence-corrected chi connectivity index (χ0v) is 15.7. The van der Waals surface area contributed by atoms with E-state index in [9.17, 15) is 14.7 Å². The van der Waals surface area contributed by atoms with E-state index in [1.54, 1.807) is 32.9 Å². The number of carboxylic acid groups (broad SMARTS) is 1. The molecule has 4 rings (SSSR count). The molecule has 1 unspecified atom stereocenters. The molecule has 142 valence electrons. The summed E-state index contributed by atoms with van der Waals surface area (Å²) in [5.74, 6) is -0.961. The smallest absolute Gasteiger partial charge is 0.408 e. The number of carboxylic acids is 1. The number of nitrogens with zero attached hydrogens (tertiary/aromatic N) is 1. The van der Waals surface area contributed by atoms with Crippen LogP contribution in [0, 0.1) is 11.8 Å². The largest absolute Gasteiger partial charge is 0.479 e. The van der Waals surface area contributed by atoms with Gasteiger partial charge in [0.25, 0.3) is 0 Å². The van der Waals surface area contributed by atoms with E-state index in [2.05, 4.69) is 10.2 Å². The monoisotopic (exact) mass is 360 g/mol. The van der Waals surface area contributed by atoms with Gasteiger partial charge >= 0.3 is 12.1 Å². The van der Waals surface area contributed by atoms with Crippen LogP contribution in [0.4, 0.5) is 4.79 Å². The van der Waals surface area contributed by atoms with Gasteiger partial charge in [0.05, 0.1) is 0 Å². The molecule has 0 aliphatic carbocycles. The number of carbonyl (C=O) groups is 2. The van der Waals surface area contributed by atoms with Crippen LogP contribution in [0.2, 0.25) is 0 Å². The highest BCUT2D eigenvalue weighted by atomic mass is 16.6. The van der Waals surface area contributed by atoms with Gasteiger partial charge in [-0.2, -0.15) is 0 Å². The van der Waals surface area contributed by atoms with Crippen LogP contribution in [0.25, 0.3) is 0 Å². The molecule has 3 saturated heterocycles. The lowest BCUT2D eigenvalue weighted by atomic mass is 9.66. The van der Waals surface area contributed by atoms with Gasteiger partial charge < -0.3 is 20.1 Å². The molecule has 2 atom stereocenters. The lowest BCUT2D eigenvalue weighted by Crippen LogP contribution is -2.64. The fourth-order valence-corrected chi connectivity index (χ4v) is 4.34. The van der Waals surface area contributed by atoms with E-state index in [1.807, 2.05) is 18.2 Å². The molecule has 1 aromatic rings. The Hall–Kier alpha value is -2.08. The molecule has 1 amide bonds. The van der Waals surface area contributed by atoms with Gasteiger partial charge in [0, 0.05) is 12.5 Å². The lowest BCUT2D eigenvalue weighted by Gasteiger charge is -2.51. The number of hydrogen-bond donors (Lipinski definition) is 2. The molecule has 0 radical (unpaired) electrons. The van der Waals surface area contributed by atoms with Gasteiger partial charge in [-0.3, -0.25) is 0 Å². The van der Waals surface area contributed by atoms with E-state index < -0.39 is 23.2 Å². The number of amides is 1. The van der Waals surface area contributed by atoms with Crippen molar-refractivity contribution in [3.05, 3.63) is 35.9 Å². The third-order valence-electron chi connectivity index (χ3n) is 5.48. The quantitative estimate of drug-likeness (QED) is 0.863. The molecule has 3 heterocycles. The average molecular weight is 360 g/mol. The van der Waals surface area contributed by atoms with Crippen molar-refractivity contribution < 1.29 is 19.4 Å². The molecule has 0 saturated carbocycles. The number of piperidine rings is 3. The van der Waals surface area contributed by atoms with Crippen LogP contribution >= 0.6 is 0 Å². The number of ether oxygens (including phenoxy) is 1. The number of nitrogens with one attached hydrogen (secondary N) is 1. The van der Waals surface area contributed by atoms with Crippen LogP contribution in [0.5, 0.6) is 0 Å². The summed E-state index contributed by atoms with van der Waals surface area (Å²) in [6.07, 6.45) is 1.23. The zero-order chi connectivity index (χ0) is 18.9. The normalized spacial score (nSPS) is 27.4. The molecule has 2 bridgehead atoms. The summed E-state index contributed by atoms with van der Waals surface area (Å²) < 4.78 is 5.41. The maximum Gasteiger partial charge on any atom is 0.408 e. The van der Waals surface area contributed by atoms with E-state index in [1.165, 1.54) is 0 Å². The van der Waals surface area contributed by atoms with Crippen molar-refractivity contribution >= 4 is 12.1 Å². The number of benzene rings is 1. The van der Waals surface area contributed by atoms with E-state index in [4.69, 9.17) is 4.74 Å². The minimum absolute atomic E-state index is 0.197. The van der Waals surface area contributed by atoms with Crippen LogP contribution in [0.3, 0.4) is 0 Å². The predicted molar refractivity (Wildman–Crippen MR) is 97.8 cm³/mol. The molecular formula is C20H28N2O4. The first-order chi connectivity index (χ1) is 12.2. The summed E-state index contributed by atoms with van der Waals surface area (Å²) in [5, 5.41) is 13.1. The Morgan fingerprint density at radius 1 is 1.15 bits per heavy atom. The molecule has 0 spiro atoms. The van der Waals surface area contributed by atoms with Gasteiger partial charge in [-0.15, -0.1) is 0 Å². The Morgan fingerprint density at radius 2 is 1.77 bits per heavy atom. The standard InChI is InChI=1S/C20H28N2O4/c1-19(2,3)26-18(25)21-20(17(23)24,15-7-5-4-6-8-15)16-13-22-11-9-14(16)10-12-22/h4-8,14,16H,9-13H2,1-3H3,(H,21,25)(H,23,24)/t16-,20?/m0/s1. The first-order valence-corrected chi connectivity index (χ1v) is 9.25. The minimum Gasteiger partial charge on any atom is -0.479 e. The van der Waals surface area contributed by atoms with Crippen LogP contribution in [-0.2, 0) is 15.1 Å². The maximum atomic E-state index is 12.6. The molecule has 0 aromatic heterocycles. The number of rotatable bonds is 4. The van der Waals surface area contributed by atoms with Gasteiger partial charge in [0.1, 0.15) is 5.60 Å². The van der Waals surface area contributed by atoms with Crippen LogP contribution in [0.15, 0.2) is 30.3 Å². The Balaban J connectivity index is 2.02. The predicted octanol–water partition coefficient (Wildman–Crippen LogP) is 2.83. The summed E-state index contributed by atoms with van der Waals surface area (Å²) in [4.78, 5) is 27.5. The third-order valence-corrected chi connectivity index (χ3v) is 5.48. The second kappa shape index (κ2) is 6.91. The van der Waals surface area contributed by atoms with E-state index in [0.717, 1.165) is 25.9 Å². The van der Waals surface area contributed by atoms with Gasteiger partial charge in [-0.1, -0.05) is 30.3 Å². The summed E-state index contributed by atoms with van der Waals surface area (Å²) in [6.45, 7) is 7.97. The number of aliphatic carboxylic acids is 1. The number of carbonyl (C=O) groups excluding carboxylic acids is 1. The van der Waals surface area contributed by atoms with E-state index in [-0.39, 0.29) is 11.8 Å². The minimum atomic E-state index is -1.49. The van der Waals surface area contributed by atoms with Crippen molar-refractivity contribution in [3.8, 4) is 0 Å². The third kappa shape index (κ3) is 3.56. The van der Waals surface area contributed by atoms with E-state index >= 15 is 0 Å². The van der Waals surface area contributed by atoms with Crippen LogP contribution < -0.4 is 5.32 Å². The summed E-state index contributed by atoms with van der Waals surface area (Å²) in [6, 6.07) is 9.03. The highest BCUT2D eigenvalue weighted by Gasteiger charge is 2.55. The van der Waals surface area contributed by atoms with Gasteiger partial charge in [0.2, 0.25) is 0 Å². The highest BCUT2D eigenvalue weighted by molar-refractivity contribution is 5.86.